The molecule has 1 heterocycles. The number of aliphatic hydroxyl groups is 1. The summed E-state index contributed by atoms with van der Waals surface area (Å²) in [5.41, 5.74) is 1.19. The van der Waals surface area contributed by atoms with Crippen molar-refractivity contribution in [3.8, 4) is 0 Å². The number of halogens is 2. The maximum absolute atomic E-state index is 11.0. The summed E-state index contributed by atoms with van der Waals surface area (Å²) in [5, 5.41) is 11.8. The highest BCUT2D eigenvalue weighted by Gasteiger charge is 2.47. The van der Waals surface area contributed by atoms with Crippen LogP contribution in [0.4, 0.5) is 0 Å². The van der Waals surface area contributed by atoms with Crippen LogP contribution in [-0.2, 0) is 5.41 Å². The highest BCUT2D eigenvalue weighted by molar-refractivity contribution is 6.30. The van der Waals surface area contributed by atoms with Gasteiger partial charge < -0.3 is 5.11 Å². The molecule has 3 aliphatic rings. The fourth-order valence-electron chi connectivity index (χ4n) is 4.82. The van der Waals surface area contributed by atoms with E-state index in [0.29, 0.717) is 0 Å². The predicted octanol–water partition coefficient (Wildman–Crippen LogP) is 4.03. The van der Waals surface area contributed by atoms with Crippen LogP contribution in [0.3, 0.4) is 0 Å². The third-order valence-corrected chi connectivity index (χ3v) is 6.45. The van der Waals surface area contributed by atoms with E-state index in [1.165, 1.54) is 37.8 Å². The molecule has 122 valence electrons. The van der Waals surface area contributed by atoms with E-state index in [0.717, 1.165) is 36.4 Å². The molecule has 2 nitrogen and oxygen atoms in total. The van der Waals surface area contributed by atoms with Crippen molar-refractivity contribution in [1.82, 2.24) is 4.90 Å². The Kier molecular flexibility index (Phi) is 4.76. The molecule has 2 bridgehead atoms. The van der Waals surface area contributed by atoms with Gasteiger partial charge >= 0.3 is 0 Å². The lowest BCUT2D eigenvalue weighted by Crippen LogP contribution is -2.52. The molecule has 0 spiro atoms. The summed E-state index contributed by atoms with van der Waals surface area (Å²) < 4.78 is 0. The molecular weight excluding hydrogens is 317 g/mol. The zero-order chi connectivity index (χ0) is 14.4. The molecule has 1 aromatic carbocycles. The maximum Gasteiger partial charge on any atom is 0.0763 e. The summed E-state index contributed by atoms with van der Waals surface area (Å²) in [6.07, 6.45) is 7.24. The number of hydrogen-bond acceptors (Lipinski definition) is 2. The third kappa shape index (κ3) is 2.69. The minimum absolute atomic E-state index is 0. The highest BCUT2D eigenvalue weighted by atomic mass is 35.5. The van der Waals surface area contributed by atoms with Gasteiger partial charge in [-0.2, -0.15) is 0 Å². The molecule has 1 saturated heterocycles. The van der Waals surface area contributed by atoms with Crippen LogP contribution in [0.25, 0.3) is 0 Å². The Balaban J connectivity index is 0.00000144. The zero-order valence-electron chi connectivity index (χ0n) is 12.9. The van der Waals surface area contributed by atoms with E-state index in [-0.39, 0.29) is 23.9 Å². The van der Waals surface area contributed by atoms with Gasteiger partial charge in [0.2, 0.25) is 0 Å². The Morgan fingerprint density at radius 3 is 2.68 bits per heavy atom. The summed E-state index contributed by atoms with van der Waals surface area (Å²) in [7, 11) is 0. The smallest absolute Gasteiger partial charge is 0.0763 e. The van der Waals surface area contributed by atoms with Crippen LogP contribution in [0.5, 0.6) is 0 Å². The molecule has 1 aromatic rings. The quantitative estimate of drug-likeness (QED) is 0.893. The molecule has 1 N–H and O–H groups in total. The number of fused-ring (bicyclic) bond motifs is 2. The Morgan fingerprint density at radius 1 is 1.32 bits per heavy atom. The lowest BCUT2D eigenvalue weighted by molar-refractivity contribution is -0.00398. The molecule has 0 aromatic heterocycles. The first-order chi connectivity index (χ1) is 10.2. The molecule has 1 aliphatic heterocycles. The summed E-state index contributed by atoms with van der Waals surface area (Å²) in [6, 6.07) is 8.87. The largest absolute Gasteiger partial charge is 0.391 e. The number of hydrogen-bond donors (Lipinski definition) is 1. The molecule has 3 fully saturated rings. The Hall–Kier alpha value is -0.280. The van der Waals surface area contributed by atoms with Crippen LogP contribution in [0, 0.1) is 5.92 Å². The van der Waals surface area contributed by atoms with E-state index in [4.69, 9.17) is 11.6 Å². The molecule has 0 radical (unpaired) electrons. The van der Waals surface area contributed by atoms with Gasteiger partial charge in [-0.1, -0.05) is 30.2 Å². The van der Waals surface area contributed by atoms with Gasteiger partial charge in [0.25, 0.3) is 0 Å². The van der Waals surface area contributed by atoms with Crippen LogP contribution in [0.15, 0.2) is 24.3 Å². The fraction of sp³-hybridized carbons (Fsp3) is 0.667. The van der Waals surface area contributed by atoms with Crippen molar-refractivity contribution in [3.05, 3.63) is 34.9 Å². The first-order valence-corrected chi connectivity index (χ1v) is 8.73. The summed E-state index contributed by atoms with van der Waals surface area (Å²) in [6.45, 7) is 2.04. The lowest BCUT2D eigenvalue weighted by atomic mass is 9.61. The van der Waals surface area contributed by atoms with E-state index in [9.17, 15) is 5.11 Å². The van der Waals surface area contributed by atoms with Crippen molar-refractivity contribution in [3.63, 3.8) is 0 Å². The van der Waals surface area contributed by atoms with Gasteiger partial charge in [0, 0.05) is 29.6 Å². The van der Waals surface area contributed by atoms with Crippen molar-refractivity contribution in [2.45, 2.75) is 56.1 Å². The molecule has 0 amide bonds. The second-order valence-electron chi connectivity index (χ2n) is 7.32. The molecule has 22 heavy (non-hydrogen) atoms. The first-order valence-electron chi connectivity index (χ1n) is 8.35. The second-order valence-corrected chi connectivity index (χ2v) is 7.76. The number of β-amino-alcohol motifs (C(OH)–C–C–N with tert-alkyl or cyclic N) is 1. The van der Waals surface area contributed by atoms with E-state index in [2.05, 4.69) is 17.0 Å². The SMILES string of the molecule is Cl.OC(CN1CC2CCC1C2)C1(c2cccc(Cl)c2)CCC1. The van der Waals surface area contributed by atoms with E-state index >= 15 is 0 Å². The highest BCUT2D eigenvalue weighted by Crippen LogP contribution is 2.48. The van der Waals surface area contributed by atoms with Crippen molar-refractivity contribution < 1.29 is 5.11 Å². The van der Waals surface area contributed by atoms with Crippen LogP contribution >= 0.6 is 24.0 Å². The number of piperidine rings is 1. The van der Waals surface area contributed by atoms with Crippen molar-refractivity contribution in [1.29, 1.82) is 0 Å². The topological polar surface area (TPSA) is 23.5 Å². The van der Waals surface area contributed by atoms with Crippen LogP contribution < -0.4 is 0 Å². The molecule has 4 heteroatoms. The van der Waals surface area contributed by atoms with Gasteiger partial charge in [0.1, 0.15) is 0 Å². The average Bonchev–Trinajstić information content (AvgIpc) is 2.99. The Bertz CT molecular complexity index is 532. The van der Waals surface area contributed by atoms with Crippen molar-refractivity contribution in [2.24, 2.45) is 5.92 Å². The standard InChI is InChI=1S/C18H24ClNO.ClH/c19-15-4-1-3-14(10-15)18(7-2-8-18)17(21)12-20-11-13-5-6-16(20)9-13;/h1,3-4,10,13,16-17,21H,2,5-9,11-12H2;1H. The number of aliphatic hydroxyl groups excluding tert-OH is 1. The summed E-state index contributed by atoms with van der Waals surface area (Å²) in [5.74, 6) is 0.894. The van der Waals surface area contributed by atoms with E-state index < -0.39 is 0 Å². The van der Waals surface area contributed by atoms with Gasteiger partial charge in [0.05, 0.1) is 6.10 Å². The average molecular weight is 342 g/mol. The van der Waals surface area contributed by atoms with Crippen molar-refractivity contribution in [2.75, 3.05) is 13.1 Å². The van der Waals surface area contributed by atoms with E-state index in [1.807, 2.05) is 12.1 Å². The first kappa shape index (κ1) is 16.6. The number of nitrogens with zero attached hydrogens (tertiary/aromatic N) is 1. The molecule has 3 atom stereocenters. The molecule has 2 aliphatic carbocycles. The number of rotatable bonds is 4. The predicted molar refractivity (Wildman–Crippen MR) is 92.9 cm³/mol. The third-order valence-electron chi connectivity index (χ3n) is 6.21. The molecular formula is C18H25Cl2NO. The zero-order valence-corrected chi connectivity index (χ0v) is 14.5. The normalized spacial score (nSPS) is 30.6. The van der Waals surface area contributed by atoms with Gasteiger partial charge in [-0.05, 0) is 55.7 Å². The summed E-state index contributed by atoms with van der Waals surface area (Å²) >= 11 is 6.17. The van der Waals surface area contributed by atoms with Crippen LogP contribution in [0.1, 0.15) is 44.1 Å². The van der Waals surface area contributed by atoms with E-state index in [1.54, 1.807) is 0 Å². The monoisotopic (exact) mass is 341 g/mol. The number of benzene rings is 1. The van der Waals surface area contributed by atoms with Crippen LogP contribution in [0.2, 0.25) is 5.02 Å². The molecule has 4 rings (SSSR count). The molecule has 3 unspecified atom stereocenters. The van der Waals surface area contributed by atoms with Gasteiger partial charge in [0.15, 0.2) is 0 Å². The minimum atomic E-state index is -0.260. The van der Waals surface area contributed by atoms with Gasteiger partial charge in [-0.3, -0.25) is 4.90 Å². The van der Waals surface area contributed by atoms with Gasteiger partial charge in [-0.25, -0.2) is 0 Å². The molecule has 2 saturated carbocycles. The number of likely N-dealkylation sites (tertiary alicyclic amines) is 1. The lowest BCUT2D eigenvalue weighted by Gasteiger charge is -2.47. The fourth-order valence-corrected chi connectivity index (χ4v) is 5.01. The maximum atomic E-state index is 11.0. The second kappa shape index (κ2) is 6.32. The van der Waals surface area contributed by atoms with Gasteiger partial charge in [-0.15, -0.1) is 12.4 Å². The minimum Gasteiger partial charge on any atom is -0.391 e. The Labute approximate surface area is 144 Å². The Morgan fingerprint density at radius 2 is 2.14 bits per heavy atom. The van der Waals surface area contributed by atoms with Crippen LogP contribution in [-0.4, -0.2) is 35.2 Å². The summed E-state index contributed by atoms with van der Waals surface area (Å²) in [4.78, 5) is 2.55. The van der Waals surface area contributed by atoms with Crippen molar-refractivity contribution >= 4 is 24.0 Å².